The maximum atomic E-state index is 12.8. The zero-order valence-electron chi connectivity index (χ0n) is 5.47. The zero-order chi connectivity index (χ0) is 7.84. The number of para-hydroxylation sites is 1. The van der Waals surface area contributed by atoms with E-state index in [-0.39, 0.29) is 0 Å². The maximum Gasteiger partial charge on any atom is 0.292 e. The summed E-state index contributed by atoms with van der Waals surface area (Å²) in [5.41, 5.74) is 0.606. The molecule has 2 rings (SSSR count). The Kier molecular flexibility index (Phi) is 1.60. The molecule has 1 nitrogen and oxygen atoms in total. The Morgan fingerprint density at radius 2 is 2.00 bits per heavy atom. The summed E-state index contributed by atoms with van der Waals surface area (Å²) in [5, 5.41) is 0.839. The SMILES string of the molecule is Fc1oc2ccccc2c1I. The molecule has 0 saturated carbocycles. The fraction of sp³-hybridized carbons (Fsp3) is 0. The molecule has 0 fully saturated rings. The van der Waals surface area contributed by atoms with E-state index in [0.29, 0.717) is 9.15 Å². The second-order valence-electron chi connectivity index (χ2n) is 2.19. The molecule has 0 atom stereocenters. The smallest absolute Gasteiger partial charge is 0.292 e. The number of rotatable bonds is 0. The van der Waals surface area contributed by atoms with Crippen molar-refractivity contribution in [1.82, 2.24) is 0 Å². The number of hydrogen-bond acceptors (Lipinski definition) is 1. The van der Waals surface area contributed by atoms with Crippen LogP contribution in [0.4, 0.5) is 4.39 Å². The van der Waals surface area contributed by atoms with Crippen molar-refractivity contribution < 1.29 is 8.81 Å². The van der Waals surface area contributed by atoms with Gasteiger partial charge in [0.2, 0.25) is 0 Å². The molecule has 0 amide bonds. The lowest BCUT2D eigenvalue weighted by Crippen LogP contribution is -1.68. The summed E-state index contributed by atoms with van der Waals surface area (Å²) in [6.45, 7) is 0. The van der Waals surface area contributed by atoms with Crippen molar-refractivity contribution in [3.8, 4) is 0 Å². The van der Waals surface area contributed by atoms with Crippen LogP contribution in [0.25, 0.3) is 11.0 Å². The van der Waals surface area contributed by atoms with Gasteiger partial charge in [0.25, 0.3) is 6.01 Å². The molecule has 0 radical (unpaired) electrons. The number of benzene rings is 1. The van der Waals surface area contributed by atoms with Crippen molar-refractivity contribution in [2.75, 3.05) is 0 Å². The molecule has 0 aliphatic heterocycles. The third-order valence-corrected chi connectivity index (χ3v) is 2.50. The van der Waals surface area contributed by atoms with E-state index in [1.54, 1.807) is 6.07 Å². The van der Waals surface area contributed by atoms with Crippen molar-refractivity contribution in [2.45, 2.75) is 0 Å². The molecule has 11 heavy (non-hydrogen) atoms. The van der Waals surface area contributed by atoms with Crippen LogP contribution in [0.3, 0.4) is 0 Å². The van der Waals surface area contributed by atoms with E-state index in [9.17, 15) is 4.39 Å². The molecule has 1 aromatic carbocycles. The predicted octanol–water partition coefficient (Wildman–Crippen LogP) is 3.18. The van der Waals surface area contributed by atoms with Crippen LogP contribution in [-0.4, -0.2) is 0 Å². The van der Waals surface area contributed by atoms with Crippen molar-refractivity contribution in [2.24, 2.45) is 0 Å². The summed E-state index contributed by atoms with van der Waals surface area (Å²) >= 11 is 1.93. The highest BCUT2D eigenvalue weighted by atomic mass is 127. The van der Waals surface area contributed by atoms with Crippen molar-refractivity contribution in [1.29, 1.82) is 0 Å². The first-order chi connectivity index (χ1) is 5.29. The van der Waals surface area contributed by atoms with Gasteiger partial charge >= 0.3 is 0 Å². The summed E-state index contributed by atoms with van der Waals surface area (Å²) in [6.07, 6.45) is 0. The Hall–Kier alpha value is -0.580. The van der Waals surface area contributed by atoms with Gasteiger partial charge in [0.05, 0.1) is 3.57 Å². The number of fused-ring (bicyclic) bond motifs is 1. The standard InChI is InChI=1S/C8H4FIO/c9-8-7(10)5-3-1-2-4-6(5)11-8/h1-4H. The lowest BCUT2D eigenvalue weighted by atomic mass is 10.3. The summed E-state index contributed by atoms with van der Waals surface area (Å²) in [6, 6.07) is 6.78. The summed E-state index contributed by atoms with van der Waals surface area (Å²) in [4.78, 5) is 0. The van der Waals surface area contributed by atoms with Crippen molar-refractivity contribution in [3.63, 3.8) is 0 Å². The fourth-order valence-electron chi connectivity index (χ4n) is 0.984. The van der Waals surface area contributed by atoms with Crippen molar-refractivity contribution >= 4 is 33.6 Å². The number of furan rings is 1. The largest absolute Gasteiger partial charge is 0.430 e. The third-order valence-electron chi connectivity index (χ3n) is 1.50. The molecule has 1 aromatic heterocycles. The second-order valence-corrected chi connectivity index (χ2v) is 3.26. The average molecular weight is 262 g/mol. The highest BCUT2D eigenvalue weighted by molar-refractivity contribution is 14.1. The molecule has 0 N–H and O–H groups in total. The van der Waals surface area contributed by atoms with E-state index >= 15 is 0 Å². The van der Waals surface area contributed by atoms with E-state index in [1.165, 1.54) is 0 Å². The summed E-state index contributed by atoms with van der Waals surface area (Å²) < 4.78 is 18.1. The molecule has 3 heteroatoms. The van der Waals surface area contributed by atoms with E-state index in [2.05, 4.69) is 0 Å². The predicted molar refractivity (Wildman–Crippen MR) is 48.9 cm³/mol. The fourth-order valence-corrected chi connectivity index (χ4v) is 1.54. The van der Waals surface area contributed by atoms with Gasteiger partial charge in [-0.15, -0.1) is 0 Å². The quantitative estimate of drug-likeness (QED) is 0.664. The van der Waals surface area contributed by atoms with Crippen LogP contribution in [0.15, 0.2) is 28.7 Å². The first-order valence-corrected chi connectivity index (χ1v) is 4.19. The van der Waals surface area contributed by atoms with Crippen LogP contribution >= 0.6 is 22.6 Å². The molecule has 0 aliphatic carbocycles. The summed E-state index contributed by atoms with van der Waals surface area (Å²) in [5.74, 6) is 0. The minimum Gasteiger partial charge on any atom is -0.430 e. The Morgan fingerprint density at radius 1 is 1.27 bits per heavy atom. The molecule has 0 unspecified atom stereocenters. The molecule has 2 aromatic rings. The third kappa shape index (κ3) is 1.03. The monoisotopic (exact) mass is 262 g/mol. The van der Waals surface area contributed by atoms with Crippen LogP contribution in [0.5, 0.6) is 0 Å². The van der Waals surface area contributed by atoms with E-state index in [0.717, 1.165) is 5.39 Å². The van der Waals surface area contributed by atoms with Gasteiger partial charge in [-0.2, -0.15) is 4.39 Å². The minimum absolute atomic E-state index is 0.494. The highest BCUT2D eigenvalue weighted by Gasteiger charge is 2.08. The van der Waals surface area contributed by atoms with E-state index in [1.807, 2.05) is 40.8 Å². The summed E-state index contributed by atoms with van der Waals surface area (Å²) in [7, 11) is 0. The Morgan fingerprint density at radius 3 is 2.73 bits per heavy atom. The zero-order valence-corrected chi connectivity index (χ0v) is 7.63. The van der Waals surface area contributed by atoms with Crippen LogP contribution in [0, 0.1) is 9.58 Å². The molecule has 56 valence electrons. The molecule has 0 saturated heterocycles. The van der Waals surface area contributed by atoms with Crippen LogP contribution in [0.1, 0.15) is 0 Å². The highest BCUT2D eigenvalue weighted by Crippen LogP contribution is 2.25. The molecule has 0 spiro atoms. The first-order valence-electron chi connectivity index (χ1n) is 3.11. The Bertz CT molecular complexity index is 394. The first kappa shape index (κ1) is 7.09. The van der Waals surface area contributed by atoms with Gasteiger partial charge in [0.1, 0.15) is 5.58 Å². The van der Waals surface area contributed by atoms with E-state index < -0.39 is 6.01 Å². The van der Waals surface area contributed by atoms with Gasteiger partial charge in [0.15, 0.2) is 0 Å². The maximum absolute atomic E-state index is 12.8. The lowest BCUT2D eigenvalue weighted by molar-refractivity contribution is 0.376. The number of halogens is 2. The normalized spacial score (nSPS) is 10.7. The van der Waals surface area contributed by atoms with Gasteiger partial charge in [-0.1, -0.05) is 12.1 Å². The average Bonchev–Trinajstić information content (AvgIpc) is 2.30. The Balaban J connectivity index is 2.92. The lowest BCUT2D eigenvalue weighted by Gasteiger charge is -1.83. The van der Waals surface area contributed by atoms with Gasteiger partial charge < -0.3 is 4.42 Å². The van der Waals surface area contributed by atoms with Crippen LogP contribution < -0.4 is 0 Å². The number of hydrogen-bond donors (Lipinski definition) is 0. The van der Waals surface area contributed by atoms with Crippen molar-refractivity contribution in [3.05, 3.63) is 33.8 Å². The molecule has 0 bridgehead atoms. The van der Waals surface area contributed by atoms with Gasteiger partial charge in [0, 0.05) is 5.39 Å². The molecule has 1 heterocycles. The van der Waals surface area contributed by atoms with Crippen LogP contribution in [-0.2, 0) is 0 Å². The molecular weight excluding hydrogens is 258 g/mol. The van der Waals surface area contributed by atoms with Gasteiger partial charge in [-0.25, -0.2) is 0 Å². The molecular formula is C8H4FIO. The topological polar surface area (TPSA) is 13.1 Å². The second kappa shape index (κ2) is 2.48. The van der Waals surface area contributed by atoms with Crippen LogP contribution in [0.2, 0.25) is 0 Å². The van der Waals surface area contributed by atoms with Gasteiger partial charge in [-0.3, -0.25) is 0 Å². The Labute approximate surface area is 76.3 Å². The van der Waals surface area contributed by atoms with Gasteiger partial charge in [-0.05, 0) is 34.7 Å². The molecule has 0 aliphatic rings. The van der Waals surface area contributed by atoms with E-state index in [4.69, 9.17) is 4.42 Å². The minimum atomic E-state index is -0.494.